The molecule has 1 amide bonds. The lowest BCUT2D eigenvalue weighted by atomic mass is 10.0. The first kappa shape index (κ1) is 36.6. The fourth-order valence-corrected chi connectivity index (χ4v) is 5.85. The van der Waals surface area contributed by atoms with Crippen LogP contribution >= 0.6 is 11.3 Å². The SMILES string of the molecule is CCOC(=O)c1sc2c(c1C)c(=O)n(C(C)(C)C(=O)NC(C)C)c(=O)n2CCc1cc(F)ccc1OC.CS(=O)(=O)CCO.[HH]. The third-order valence-electron chi connectivity index (χ3n) is 6.52. The van der Waals surface area contributed by atoms with Crippen LogP contribution in [0.2, 0.25) is 0 Å². The molecule has 3 rings (SSSR count). The molecule has 0 fully saturated rings. The molecule has 0 bridgehead atoms. The molecule has 44 heavy (non-hydrogen) atoms. The van der Waals surface area contributed by atoms with Gasteiger partial charge in [0.15, 0.2) is 0 Å². The molecule has 0 spiro atoms. The van der Waals surface area contributed by atoms with E-state index in [-0.39, 0.29) is 54.5 Å². The Bertz CT molecular complexity index is 1750. The Morgan fingerprint density at radius 3 is 2.36 bits per heavy atom. The minimum Gasteiger partial charge on any atom is -0.496 e. The second-order valence-corrected chi connectivity index (χ2v) is 14.0. The molecule has 0 saturated carbocycles. The number of hydrogen-bond acceptors (Lipinski definition) is 10. The van der Waals surface area contributed by atoms with Gasteiger partial charge >= 0.3 is 11.7 Å². The Balaban J connectivity index is 0.00000113. The second kappa shape index (κ2) is 14.9. The summed E-state index contributed by atoms with van der Waals surface area (Å²) in [6.07, 6.45) is 1.28. The van der Waals surface area contributed by atoms with Crippen LogP contribution in [0.15, 0.2) is 27.8 Å². The number of hydrogen-bond donors (Lipinski definition) is 2. The van der Waals surface area contributed by atoms with Crippen molar-refractivity contribution < 1.29 is 38.4 Å². The molecular formula is C29H42FN3O9S2. The molecule has 0 unspecified atom stereocenters. The van der Waals surface area contributed by atoms with Gasteiger partial charge in [0, 0.05) is 20.3 Å². The number of aromatic nitrogens is 2. The molecule has 3 aromatic rings. The Hall–Kier alpha value is -3.56. The zero-order chi connectivity index (χ0) is 33.6. The molecule has 2 heterocycles. The van der Waals surface area contributed by atoms with E-state index in [4.69, 9.17) is 14.6 Å². The van der Waals surface area contributed by atoms with Crippen molar-refractivity contribution in [3.63, 3.8) is 0 Å². The van der Waals surface area contributed by atoms with Gasteiger partial charge in [-0.1, -0.05) is 0 Å². The normalized spacial score (nSPS) is 11.7. The minimum absolute atomic E-state index is 0. The van der Waals surface area contributed by atoms with Crippen molar-refractivity contribution in [2.24, 2.45) is 0 Å². The second-order valence-electron chi connectivity index (χ2n) is 10.8. The first-order chi connectivity index (χ1) is 20.4. The number of methoxy groups -OCH3 is 1. The molecule has 0 aliphatic carbocycles. The summed E-state index contributed by atoms with van der Waals surface area (Å²) >= 11 is 0.983. The van der Waals surface area contributed by atoms with Gasteiger partial charge in [0.25, 0.3) is 5.56 Å². The molecule has 12 nitrogen and oxygen atoms in total. The number of aliphatic hydroxyl groups excluding tert-OH is 1. The number of aryl methyl sites for hydroxylation is 3. The van der Waals surface area contributed by atoms with Crippen molar-refractivity contribution in [1.29, 1.82) is 0 Å². The zero-order valence-corrected chi connectivity index (χ0v) is 27.8. The van der Waals surface area contributed by atoms with Gasteiger partial charge in [-0.05, 0) is 77.3 Å². The van der Waals surface area contributed by atoms with E-state index >= 15 is 0 Å². The van der Waals surface area contributed by atoms with E-state index in [0.717, 1.165) is 22.2 Å². The number of aliphatic hydroxyl groups is 1. The van der Waals surface area contributed by atoms with Crippen molar-refractivity contribution >= 4 is 43.3 Å². The number of thiophene rings is 1. The van der Waals surface area contributed by atoms with Crippen molar-refractivity contribution in [3.8, 4) is 5.75 Å². The van der Waals surface area contributed by atoms with Crippen LogP contribution in [0.25, 0.3) is 10.2 Å². The number of sulfone groups is 1. The number of rotatable bonds is 11. The number of amides is 1. The summed E-state index contributed by atoms with van der Waals surface area (Å²) in [6, 6.07) is 3.88. The van der Waals surface area contributed by atoms with Gasteiger partial charge in [-0.15, -0.1) is 11.3 Å². The summed E-state index contributed by atoms with van der Waals surface area (Å²) in [4.78, 5) is 53.7. The van der Waals surface area contributed by atoms with Crippen LogP contribution in [0.3, 0.4) is 0 Å². The molecule has 246 valence electrons. The first-order valence-corrected chi connectivity index (χ1v) is 16.7. The number of carbonyl (C=O) groups excluding carboxylic acids is 2. The fraction of sp³-hybridized carbons (Fsp3) is 0.517. The Labute approximate surface area is 260 Å². The van der Waals surface area contributed by atoms with E-state index in [1.54, 1.807) is 27.7 Å². The maximum Gasteiger partial charge on any atom is 0.348 e. The van der Waals surface area contributed by atoms with Crippen LogP contribution in [-0.2, 0) is 37.9 Å². The largest absolute Gasteiger partial charge is 0.496 e. The number of esters is 1. The molecule has 0 radical (unpaired) electrons. The van der Waals surface area contributed by atoms with Gasteiger partial charge in [-0.2, -0.15) is 0 Å². The average molecular weight is 660 g/mol. The summed E-state index contributed by atoms with van der Waals surface area (Å²) in [5.74, 6) is -1.24. The molecule has 0 aliphatic rings. The van der Waals surface area contributed by atoms with Crippen LogP contribution in [0.1, 0.15) is 56.8 Å². The van der Waals surface area contributed by atoms with E-state index in [2.05, 4.69) is 5.32 Å². The van der Waals surface area contributed by atoms with Crippen LogP contribution < -0.4 is 21.3 Å². The van der Waals surface area contributed by atoms with Gasteiger partial charge in [0.05, 0.1) is 31.5 Å². The maximum absolute atomic E-state index is 14.0. The monoisotopic (exact) mass is 659 g/mol. The fourth-order valence-electron chi connectivity index (χ4n) is 4.31. The standard InChI is InChI=1S/C26H32FN3O6S.C3H8O3S.H2/c1-8-36-23(32)20-15(4)19-21(31)30(26(5,6)24(33)28-14(2)3)25(34)29(22(19)37-20)12-11-16-13-17(27)9-10-18(16)35-7;1-7(5,6)3-2-4;/h9-10,13-14H,8,11-12H2,1-7H3,(H,28,33);4H,2-3H2,1H3;1H. The number of fused-ring (bicyclic) bond motifs is 1. The molecule has 2 aromatic heterocycles. The lowest BCUT2D eigenvalue weighted by Gasteiger charge is -2.27. The summed E-state index contributed by atoms with van der Waals surface area (Å²) in [5, 5.41) is 10.9. The van der Waals surface area contributed by atoms with Crippen LogP contribution in [0, 0.1) is 12.7 Å². The molecule has 15 heteroatoms. The van der Waals surface area contributed by atoms with E-state index in [1.807, 2.05) is 0 Å². The Morgan fingerprint density at radius 1 is 1.23 bits per heavy atom. The predicted molar refractivity (Wildman–Crippen MR) is 169 cm³/mol. The van der Waals surface area contributed by atoms with Crippen LogP contribution in [0.4, 0.5) is 4.39 Å². The third-order valence-corrected chi connectivity index (χ3v) is 8.74. The minimum atomic E-state index is -2.92. The number of benzene rings is 1. The third kappa shape index (κ3) is 8.54. The molecule has 0 atom stereocenters. The summed E-state index contributed by atoms with van der Waals surface area (Å²) in [5.41, 5.74) is -2.03. The summed E-state index contributed by atoms with van der Waals surface area (Å²) in [7, 11) is -1.46. The van der Waals surface area contributed by atoms with Gasteiger partial charge in [0.2, 0.25) is 5.91 Å². The van der Waals surface area contributed by atoms with Gasteiger partial charge < -0.3 is 19.9 Å². The number of halogens is 1. The quantitative estimate of drug-likeness (QED) is 0.295. The maximum atomic E-state index is 14.0. The smallest absolute Gasteiger partial charge is 0.348 e. The summed E-state index contributed by atoms with van der Waals surface area (Å²) in [6.45, 7) is 9.73. The van der Waals surface area contributed by atoms with E-state index in [9.17, 15) is 32.0 Å². The van der Waals surface area contributed by atoms with Crippen molar-refractivity contribution in [1.82, 2.24) is 14.5 Å². The van der Waals surface area contributed by atoms with E-state index < -0.39 is 44.3 Å². The highest BCUT2D eigenvalue weighted by Gasteiger charge is 2.36. The van der Waals surface area contributed by atoms with Crippen molar-refractivity contribution in [2.75, 3.05) is 32.3 Å². The number of nitrogens with one attached hydrogen (secondary N) is 1. The van der Waals surface area contributed by atoms with Gasteiger partial charge in [0.1, 0.15) is 36.7 Å². The van der Waals surface area contributed by atoms with Crippen molar-refractivity contribution in [2.45, 2.75) is 66.1 Å². The van der Waals surface area contributed by atoms with E-state index in [0.29, 0.717) is 16.9 Å². The Kier molecular flexibility index (Phi) is 12.4. The molecule has 1 aromatic carbocycles. The number of carbonyl (C=O) groups is 2. The highest BCUT2D eigenvalue weighted by Crippen LogP contribution is 2.30. The zero-order valence-electron chi connectivity index (χ0n) is 26.1. The predicted octanol–water partition coefficient (Wildman–Crippen LogP) is 2.63. The molecule has 2 N–H and O–H groups in total. The summed E-state index contributed by atoms with van der Waals surface area (Å²) < 4.78 is 46.9. The van der Waals surface area contributed by atoms with Crippen molar-refractivity contribution in [3.05, 3.63) is 60.9 Å². The van der Waals surface area contributed by atoms with Crippen LogP contribution in [0.5, 0.6) is 5.75 Å². The molecule has 0 aliphatic heterocycles. The van der Waals surface area contributed by atoms with Gasteiger partial charge in [-0.3, -0.25) is 14.2 Å². The highest BCUT2D eigenvalue weighted by atomic mass is 32.2. The first-order valence-electron chi connectivity index (χ1n) is 13.8. The number of ether oxygens (including phenoxy) is 2. The lowest BCUT2D eigenvalue weighted by Crippen LogP contribution is -2.56. The molecule has 0 saturated heterocycles. The lowest BCUT2D eigenvalue weighted by molar-refractivity contribution is -0.129. The molecular weight excluding hydrogens is 617 g/mol. The van der Waals surface area contributed by atoms with Crippen LogP contribution in [-0.4, -0.2) is 72.9 Å². The van der Waals surface area contributed by atoms with Gasteiger partial charge in [-0.25, -0.2) is 27.0 Å². The Morgan fingerprint density at radius 2 is 1.86 bits per heavy atom. The average Bonchev–Trinajstić information content (AvgIpc) is 3.25. The number of nitrogens with zero attached hydrogens (tertiary/aromatic N) is 2. The van der Waals surface area contributed by atoms with E-state index in [1.165, 1.54) is 43.7 Å². The highest BCUT2D eigenvalue weighted by molar-refractivity contribution is 7.90. The topological polar surface area (TPSA) is 163 Å².